The molecule has 0 heterocycles. The Kier molecular flexibility index (Phi) is 11.2. The summed E-state index contributed by atoms with van der Waals surface area (Å²) < 4.78 is 11.4. The first-order valence-corrected chi connectivity index (χ1v) is 12.0. The third kappa shape index (κ3) is 9.38. The minimum Gasteiger partial charge on any atom is -0.375 e. The minimum absolute atomic E-state index is 0.208. The van der Waals surface area contributed by atoms with Gasteiger partial charge in [0, 0.05) is 13.1 Å². The van der Waals surface area contributed by atoms with Crippen molar-refractivity contribution in [1.82, 2.24) is 10.6 Å². The Labute approximate surface area is 203 Å². The van der Waals surface area contributed by atoms with E-state index >= 15 is 0 Å². The Morgan fingerprint density at radius 1 is 1.00 bits per heavy atom. The van der Waals surface area contributed by atoms with Crippen molar-refractivity contribution in [3.63, 3.8) is 0 Å². The molecule has 0 aromatic heterocycles. The summed E-state index contributed by atoms with van der Waals surface area (Å²) in [5, 5.41) is 5.63. The van der Waals surface area contributed by atoms with Crippen LogP contribution in [0.1, 0.15) is 24.5 Å². The van der Waals surface area contributed by atoms with Crippen LogP contribution in [-0.4, -0.2) is 45.5 Å². The molecule has 2 aliphatic carbocycles. The fourth-order valence-corrected chi connectivity index (χ4v) is 3.78. The van der Waals surface area contributed by atoms with E-state index < -0.39 is 0 Å². The third-order valence-electron chi connectivity index (χ3n) is 5.50. The summed E-state index contributed by atoms with van der Waals surface area (Å²) >= 11 is 0. The molecule has 1 aromatic carbocycles. The maximum absolute atomic E-state index is 11.9. The van der Waals surface area contributed by atoms with Gasteiger partial charge in [-0.3, -0.25) is 0 Å². The number of fused-ring (bicyclic) bond motifs is 1. The van der Waals surface area contributed by atoms with E-state index in [9.17, 15) is 4.79 Å². The van der Waals surface area contributed by atoms with Crippen LogP contribution in [-0.2, 0) is 15.9 Å². The molecule has 5 nitrogen and oxygen atoms in total. The van der Waals surface area contributed by atoms with Crippen molar-refractivity contribution in [2.75, 3.05) is 39.5 Å². The minimum atomic E-state index is -0.208. The highest BCUT2D eigenvalue weighted by Crippen LogP contribution is 2.19. The lowest BCUT2D eigenvalue weighted by Gasteiger charge is -2.14. The van der Waals surface area contributed by atoms with Gasteiger partial charge in [0.25, 0.3) is 0 Å². The van der Waals surface area contributed by atoms with Crippen LogP contribution < -0.4 is 10.6 Å². The molecule has 3 rings (SSSR count). The number of hydrogen-bond acceptors (Lipinski definition) is 3. The van der Waals surface area contributed by atoms with Gasteiger partial charge in [0.05, 0.1) is 26.4 Å². The number of allylic oxidation sites excluding steroid dienone is 7. The quantitative estimate of drug-likeness (QED) is 0.335. The number of carbonyl (C=O) groups excluding carboxylic acids is 1. The Hall–Kier alpha value is -3.15. The van der Waals surface area contributed by atoms with Crippen LogP contribution in [0.25, 0.3) is 6.08 Å². The molecular formula is C29H36N2O3. The number of nitrogens with one attached hydrogen (secondary N) is 2. The van der Waals surface area contributed by atoms with Crippen LogP contribution in [0.15, 0.2) is 90.1 Å². The van der Waals surface area contributed by atoms with Crippen LogP contribution in [0.4, 0.5) is 4.79 Å². The monoisotopic (exact) mass is 460 g/mol. The Morgan fingerprint density at radius 3 is 2.53 bits per heavy atom. The van der Waals surface area contributed by atoms with Crippen LogP contribution in [0.5, 0.6) is 0 Å². The zero-order valence-electron chi connectivity index (χ0n) is 20.0. The van der Waals surface area contributed by atoms with Gasteiger partial charge in [0.1, 0.15) is 0 Å². The number of rotatable bonds is 12. The van der Waals surface area contributed by atoms with Gasteiger partial charge in [-0.05, 0) is 54.0 Å². The molecule has 1 aromatic rings. The van der Waals surface area contributed by atoms with Crippen LogP contribution in [0.3, 0.4) is 0 Å². The number of benzene rings is 1. The molecule has 0 radical (unpaired) electrons. The second-order valence-corrected chi connectivity index (χ2v) is 8.27. The molecule has 0 saturated carbocycles. The van der Waals surface area contributed by atoms with E-state index in [-0.39, 0.29) is 6.03 Å². The van der Waals surface area contributed by atoms with E-state index in [1.54, 1.807) is 0 Å². The van der Waals surface area contributed by atoms with E-state index in [1.165, 1.54) is 16.7 Å². The molecule has 0 spiro atoms. The topological polar surface area (TPSA) is 59.6 Å². The Bertz CT molecular complexity index is 969. The normalized spacial score (nSPS) is 17.4. The number of urea groups is 1. The number of ether oxygens (including phenoxy) is 2. The third-order valence-corrected chi connectivity index (χ3v) is 5.50. The average Bonchev–Trinajstić information content (AvgIpc) is 3.06. The Balaban J connectivity index is 1.23. The van der Waals surface area contributed by atoms with E-state index in [1.807, 2.05) is 19.1 Å². The highest BCUT2D eigenvalue weighted by atomic mass is 16.5. The maximum atomic E-state index is 11.9. The fourth-order valence-electron chi connectivity index (χ4n) is 3.78. The predicted molar refractivity (Wildman–Crippen MR) is 140 cm³/mol. The van der Waals surface area contributed by atoms with Gasteiger partial charge in [-0.2, -0.15) is 0 Å². The second-order valence-electron chi connectivity index (χ2n) is 8.27. The molecule has 180 valence electrons. The molecule has 1 unspecified atom stereocenters. The molecular weight excluding hydrogens is 424 g/mol. The van der Waals surface area contributed by atoms with Gasteiger partial charge in [-0.15, -0.1) is 0 Å². The lowest BCUT2D eigenvalue weighted by molar-refractivity contribution is 0.154. The molecule has 0 fully saturated rings. The summed E-state index contributed by atoms with van der Waals surface area (Å²) in [6.45, 7) is 4.94. The smallest absolute Gasteiger partial charge is 0.314 e. The van der Waals surface area contributed by atoms with Crippen LogP contribution in [0.2, 0.25) is 0 Å². The fraction of sp³-hybridized carbons (Fsp3) is 0.345. The molecule has 2 N–H and O–H groups in total. The number of amides is 2. The lowest BCUT2D eigenvalue weighted by atomic mass is 9.96. The summed E-state index contributed by atoms with van der Waals surface area (Å²) in [5.41, 5.74) is 4.87. The van der Waals surface area contributed by atoms with Crippen LogP contribution in [0, 0.1) is 5.92 Å². The van der Waals surface area contributed by atoms with Crippen molar-refractivity contribution in [3.05, 3.63) is 101 Å². The molecule has 0 saturated heterocycles. The molecule has 0 bridgehead atoms. The predicted octanol–water partition coefficient (Wildman–Crippen LogP) is 5.15. The van der Waals surface area contributed by atoms with Crippen molar-refractivity contribution in [2.24, 2.45) is 5.92 Å². The first-order chi connectivity index (χ1) is 16.7. The highest BCUT2D eigenvalue weighted by molar-refractivity contribution is 5.73. The van der Waals surface area contributed by atoms with E-state index in [0.29, 0.717) is 45.4 Å². The molecule has 0 aliphatic heterocycles. The zero-order chi connectivity index (χ0) is 23.8. The van der Waals surface area contributed by atoms with Gasteiger partial charge in [-0.1, -0.05) is 78.9 Å². The Morgan fingerprint density at radius 2 is 1.74 bits per heavy atom. The van der Waals surface area contributed by atoms with E-state index in [4.69, 9.17) is 9.47 Å². The zero-order valence-corrected chi connectivity index (χ0v) is 20.0. The van der Waals surface area contributed by atoms with Gasteiger partial charge in [-0.25, -0.2) is 4.79 Å². The summed E-state index contributed by atoms with van der Waals surface area (Å²) in [6, 6.07) is 8.19. The van der Waals surface area contributed by atoms with Gasteiger partial charge in [0.2, 0.25) is 0 Å². The van der Waals surface area contributed by atoms with Crippen molar-refractivity contribution >= 4 is 12.1 Å². The summed E-state index contributed by atoms with van der Waals surface area (Å²) in [7, 11) is 0. The summed E-state index contributed by atoms with van der Waals surface area (Å²) in [5.74, 6) is 0.414. The molecule has 5 heteroatoms. The SMILES string of the molecule is C/C=C\C=C/C1C=C(COCCNC(=O)NCCOCC2=Cc3ccccc3CC=C2)C=CC1. The number of hydrogen-bond donors (Lipinski definition) is 2. The van der Waals surface area contributed by atoms with E-state index in [2.05, 4.69) is 83.5 Å². The van der Waals surface area contributed by atoms with Gasteiger partial charge in [0.15, 0.2) is 0 Å². The van der Waals surface area contributed by atoms with Crippen molar-refractivity contribution in [2.45, 2.75) is 19.8 Å². The van der Waals surface area contributed by atoms with Crippen molar-refractivity contribution < 1.29 is 14.3 Å². The summed E-state index contributed by atoms with van der Waals surface area (Å²) in [4.78, 5) is 11.9. The van der Waals surface area contributed by atoms with Crippen LogP contribution >= 0.6 is 0 Å². The lowest BCUT2D eigenvalue weighted by Crippen LogP contribution is -2.39. The van der Waals surface area contributed by atoms with Gasteiger partial charge < -0.3 is 20.1 Å². The average molecular weight is 461 g/mol. The summed E-state index contributed by atoms with van der Waals surface area (Å²) in [6.07, 6.45) is 23.3. The first kappa shape index (κ1) is 25.5. The maximum Gasteiger partial charge on any atom is 0.314 e. The molecule has 2 amide bonds. The van der Waals surface area contributed by atoms with Gasteiger partial charge >= 0.3 is 6.03 Å². The first-order valence-electron chi connectivity index (χ1n) is 12.0. The van der Waals surface area contributed by atoms with Crippen molar-refractivity contribution in [3.8, 4) is 0 Å². The highest BCUT2D eigenvalue weighted by Gasteiger charge is 2.07. The second kappa shape index (κ2) is 14.9. The van der Waals surface area contributed by atoms with Crippen molar-refractivity contribution in [1.29, 1.82) is 0 Å². The largest absolute Gasteiger partial charge is 0.375 e. The number of carbonyl (C=O) groups is 1. The van der Waals surface area contributed by atoms with E-state index in [0.717, 1.165) is 18.4 Å². The molecule has 1 atom stereocenters. The molecule has 34 heavy (non-hydrogen) atoms. The molecule has 2 aliphatic rings. The standard InChI is InChI=1S/C29H36N2O3/c1-2-3-4-9-24-10-7-11-25(20-24)22-33-18-16-30-29(32)31-17-19-34-23-26-12-8-15-27-13-5-6-14-28(27)21-26/h2-9,11-14,20-21,24H,10,15-19,22-23H2,1H3,(H2,30,31,32)/b3-2-,9-4-.